The fourth-order valence-corrected chi connectivity index (χ4v) is 4.19. The third-order valence-electron chi connectivity index (χ3n) is 5.76. The molecule has 3 aromatic rings. The standard InChI is InChI=1S/C25H27N3O2/c1-27(16-19-6-4-12-26-15-19)18-24(29)28-13-5-9-23(17-28)25(30)22-11-10-20-7-2-3-8-21(20)14-22/h2-4,6-8,10-12,14-15,23H,5,9,13,16-18H2,1H3/t23-/m1/s1. The van der Waals surface area contributed by atoms with Gasteiger partial charge < -0.3 is 4.90 Å². The number of ketones is 1. The molecule has 0 bridgehead atoms. The molecule has 4 rings (SSSR count). The van der Waals surface area contributed by atoms with Crippen LogP contribution in [0.4, 0.5) is 0 Å². The maximum absolute atomic E-state index is 13.1. The molecule has 0 saturated carbocycles. The van der Waals surface area contributed by atoms with Gasteiger partial charge in [0.1, 0.15) is 0 Å². The quantitative estimate of drug-likeness (QED) is 0.590. The van der Waals surface area contributed by atoms with E-state index in [0.717, 1.165) is 41.3 Å². The minimum Gasteiger partial charge on any atom is -0.341 e. The van der Waals surface area contributed by atoms with Crippen molar-refractivity contribution in [3.63, 3.8) is 0 Å². The Kier molecular flexibility index (Phi) is 6.19. The smallest absolute Gasteiger partial charge is 0.236 e. The minimum atomic E-state index is -0.132. The number of amides is 1. The van der Waals surface area contributed by atoms with Gasteiger partial charge in [-0.15, -0.1) is 0 Å². The van der Waals surface area contributed by atoms with E-state index in [1.165, 1.54) is 0 Å². The van der Waals surface area contributed by atoms with E-state index in [0.29, 0.717) is 19.6 Å². The number of carbonyl (C=O) groups is 2. The van der Waals surface area contributed by atoms with Crippen molar-refractivity contribution in [3.8, 4) is 0 Å². The third-order valence-corrected chi connectivity index (χ3v) is 5.76. The average Bonchev–Trinajstić information content (AvgIpc) is 2.79. The first kappa shape index (κ1) is 20.2. The van der Waals surface area contributed by atoms with Crippen molar-refractivity contribution in [1.29, 1.82) is 0 Å². The van der Waals surface area contributed by atoms with E-state index in [4.69, 9.17) is 0 Å². The Morgan fingerprint density at radius 2 is 1.93 bits per heavy atom. The fourth-order valence-electron chi connectivity index (χ4n) is 4.19. The monoisotopic (exact) mass is 401 g/mol. The number of hydrogen-bond acceptors (Lipinski definition) is 4. The predicted octanol–water partition coefficient (Wildman–Crippen LogP) is 3.79. The summed E-state index contributed by atoms with van der Waals surface area (Å²) in [4.78, 5) is 33.9. The van der Waals surface area contributed by atoms with Gasteiger partial charge in [-0.3, -0.25) is 19.5 Å². The number of rotatable bonds is 6. The second kappa shape index (κ2) is 9.18. The number of likely N-dealkylation sites (tertiary alicyclic amines) is 1. The molecule has 1 fully saturated rings. The van der Waals surface area contributed by atoms with Crippen LogP contribution in [0.5, 0.6) is 0 Å². The highest BCUT2D eigenvalue weighted by Gasteiger charge is 2.29. The lowest BCUT2D eigenvalue weighted by Gasteiger charge is -2.33. The van der Waals surface area contributed by atoms with E-state index in [2.05, 4.69) is 4.98 Å². The lowest BCUT2D eigenvalue weighted by atomic mass is 9.89. The lowest BCUT2D eigenvalue weighted by Crippen LogP contribution is -2.45. The van der Waals surface area contributed by atoms with Gasteiger partial charge in [0.2, 0.25) is 5.91 Å². The molecule has 5 heteroatoms. The highest BCUT2D eigenvalue weighted by molar-refractivity contribution is 6.01. The van der Waals surface area contributed by atoms with Gasteiger partial charge in [-0.2, -0.15) is 0 Å². The van der Waals surface area contributed by atoms with Crippen molar-refractivity contribution in [1.82, 2.24) is 14.8 Å². The van der Waals surface area contributed by atoms with Gasteiger partial charge in [0.25, 0.3) is 0 Å². The summed E-state index contributed by atoms with van der Waals surface area (Å²) in [6.45, 7) is 2.24. The summed E-state index contributed by atoms with van der Waals surface area (Å²) in [6.07, 6.45) is 5.26. The first-order valence-corrected chi connectivity index (χ1v) is 10.5. The number of piperidine rings is 1. The zero-order valence-corrected chi connectivity index (χ0v) is 17.3. The van der Waals surface area contributed by atoms with Crippen molar-refractivity contribution < 1.29 is 9.59 Å². The molecule has 0 N–H and O–H groups in total. The van der Waals surface area contributed by atoms with Gasteiger partial charge >= 0.3 is 0 Å². The number of pyridine rings is 1. The Balaban J connectivity index is 1.38. The van der Waals surface area contributed by atoms with Gasteiger partial charge in [0.05, 0.1) is 6.54 Å². The Labute approximate surface area is 177 Å². The molecule has 154 valence electrons. The number of carbonyl (C=O) groups excluding carboxylic acids is 2. The number of likely N-dealkylation sites (N-methyl/N-ethyl adjacent to an activating group) is 1. The van der Waals surface area contributed by atoms with E-state index in [9.17, 15) is 9.59 Å². The summed E-state index contributed by atoms with van der Waals surface area (Å²) in [5, 5.41) is 2.20. The maximum Gasteiger partial charge on any atom is 0.236 e. The third kappa shape index (κ3) is 4.74. The van der Waals surface area contributed by atoms with Gasteiger partial charge in [-0.1, -0.05) is 42.5 Å². The van der Waals surface area contributed by atoms with Crippen molar-refractivity contribution in [2.45, 2.75) is 19.4 Å². The Morgan fingerprint density at radius 3 is 2.73 bits per heavy atom. The van der Waals surface area contributed by atoms with Crippen LogP contribution in [0.15, 0.2) is 67.0 Å². The topological polar surface area (TPSA) is 53.5 Å². The van der Waals surface area contributed by atoms with Gasteiger partial charge in [-0.05, 0) is 48.4 Å². The molecule has 2 aromatic carbocycles. The SMILES string of the molecule is CN(CC(=O)N1CCC[C@@H](C(=O)c2ccc3ccccc3c2)C1)Cc1cccnc1. The summed E-state index contributed by atoms with van der Waals surface area (Å²) < 4.78 is 0. The van der Waals surface area contributed by atoms with Crippen molar-refractivity contribution in [3.05, 3.63) is 78.1 Å². The van der Waals surface area contributed by atoms with Crippen molar-refractivity contribution in [2.75, 3.05) is 26.7 Å². The normalized spacial score (nSPS) is 16.7. The number of fused-ring (bicyclic) bond motifs is 1. The summed E-state index contributed by atoms with van der Waals surface area (Å²) in [7, 11) is 1.94. The van der Waals surface area contributed by atoms with Crippen LogP contribution in [0, 0.1) is 5.92 Å². The summed E-state index contributed by atoms with van der Waals surface area (Å²) in [6, 6.07) is 17.9. The first-order chi connectivity index (χ1) is 14.6. The van der Waals surface area contributed by atoms with Crippen LogP contribution < -0.4 is 0 Å². The second-order valence-corrected chi connectivity index (χ2v) is 8.14. The molecule has 0 unspecified atom stereocenters. The molecule has 1 aliphatic rings. The van der Waals surface area contributed by atoms with Crippen LogP contribution in [-0.2, 0) is 11.3 Å². The molecular formula is C25H27N3O2. The molecule has 1 atom stereocenters. The Hall–Kier alpha value is -3.05. The van der Waals surface area contributed by atoms with E-state index in [-0.39, 0.29) is 17.6 Å². The van der Waals surface area contributed by atoms with Crippen molar-refractivity contribution >= 4 is 22.5 Å². The minimum absolute atomic E-state index is 0.0809. The van der Waals surface area contributed by atoms with Gasteiger partial charge in [0, 0.05) is 43.5 Å². The molecule has 5 nitrogen and oxygen atoms in total. The molecule has 1 saturated heterocycles. The van der Waals surface area contributed by atoms with Crippen LogP contribution in [-0.4, -0.2) is 53.2 Å². The summed E-state index contributed by atoms with van der Waals surface area (Å²) in [5.74, 6) is 0.0897. The lowest BCUT2D eigenvalue weighted by molar-refractivity contribution is -0.133. The molecular weight excluding hydrogens is 374 g/mol. The largest absolute Gasteiger partial charge is 0.341 e. The molecule has 1 aromatic heterocycles. The number of hydrogen-bond donors (Lipinski definition) is 0. The zero-order valence-electron chi connectivity index (χ0n) is 17.3. The fraction of sp³-hybridized carbons (Fsp3) is 0.320. The van der Waals surface area contributed by atoms with E-state index in [1.54, 1.807) is 6.20 Å². The van der Waals surface area contributed by atoms with Gasteiger partial charge in [0.15, 0.2) is 5.78 Å². The molecule has 0 spiro atoms. The molecule has 1 aliphatic heterocycles. The van der Waals surface area contributed by atoms with Crippen LogP contribution >= 0.6 is 0 Å². The molecule has 0 aliphatic carbocycles. The number of nitrogens with zero attached hydrogens (tertiary/aromatic N) is 3. The molecule has 2 heterocycles. The van der Waals surface area contributed by atoms with E-state index in [1.807, 2.05) is 77.6 Å². The van der Waals surface area contributed by atoms with Gasteiger partial charge in [-0.25, -0.2) is 0 Å². The van der Waals surface area contributed by atoms with E-state index < -0.39 is 0 Å². The Morgan fingerprint density at radius 1 is 1.10 bits per heavy atom. The van der Waals surface area contributed by atoms with Crippen LogP contribution in [0.2, 0.25) is 0 Å². The summed E-state index contributed by atoms with van der Waals surface area (Å²) in [5.41, 5.74) is 1.82. The van der Waals surface area contributed by atoms with Crippen molar-refractivity contribution in [2.24, 2.45) is 5.92 Å². The highest BCUT2D eigenvalue weighted by atomic mass is 16.2. The number of aromatic nitrogens is 1. The second-order valence-electron chi connectivity index (χ2n) is 8.14. The van der Waals surface area contributed by atoms with Crippen LogP contribution in [0.25, 0.3) is 10.8 Å². The van der Waals surface area contributed by atoms with E-state index >= 15 is 0 Å². The number of benzene rings is 2. The predicted molar refractivity (Wildman–Crippen MR) is 118 cm³/mol. The first-order valence-electron chi connectivity index (χ1n) is 10.5. The summed E-state index contributed by atoms with van der Waals surface area (Å²) >= 11 is 0. The van der Waals surface area contributed by atoms with Crippen LogP contribution in [0.3, 0.4) is 0 Å². The molecule has 1 amide bonds. The average molecular weight is 402 g/mol. The number of Topliss-reactive ketones (excluding diaryl/α,β-unsaturated/α-hetero) is 1. The Bertz CT molecular complexity index is 1030. The zero-order chi connectivity index (χ0) is 20.9. The molecule has 30 heavy (non-hydrogen) atoms. The highest BCUT2D eigenvalue weighted by Crippen LogP contribution is 2.24. The molecule has 0 radical (unpaired) electrons. The maximum atomic E-state index is 13.1. The van der Waals surface area contributed by atoms with Crippen LogP contribution in [0.1, 0.15) is 28.8 Å².